The third-order valence-corrected chi connectivity index (χ3v) is 8.87. The van der Waals surface area contributed by atoms with Crippen molar-refractivity contribution >= 4 is 17.7 Å². The van der Waals surface area contributed by atoms with Gasteiger partial charge in [0.05, 0.1) is 12.7 Å². The number of carboxylic acid groups (broad SMARTS) is 2. The number of hydrogen-bond donors (Lipinski definition) is 4. The summed E-state index contributed by atoms with van der Waals surface area (Å²) in [4.78, 5) is 30.7. The normalized spacial score (nSPS) is 38.8. The summed E-state index contributed by atoms with van der Waals surface area (Å²) in [5.74, 6) is 0.949. The molecule has 0 aromatic heterocycles. The van der Waals surface area contributed by atoms with Crippen molar-refractivity contribution in [2.24, 2.45) is 34.5 Å². The fourth-order valence-electron chi connectivity index (χ4n) is 6.99. The molecular formula is C26H42O7. The maximum atomic E-state index is 11.9. The molecule has 0 radical (unpaired) electrons. The smallest absolute Gasteiger partial charge is 0.303 e. The van der Waals surface area contributed by atoms with Crippen LogP contribution < -0.4 is 0 Å². The minimum absolute atomic E-state index is 0.0672. The van der Waals surface area contributed by atoms with E-state index in [0.29, 0.717) is 30.1 Å². The Morgan fingerprint density at radius 1 is 1.03 bits per heavy atom. The second kappa shape index (κ2) is 11.1. The van der Waals surface area contributed by atoms with Gasteiger partial charge >= 0.3 is 11.9 Å². The zero-order valence-electron chi connectivity index (χ0n) is 20.5. The van der Waals surface area contributed by atoms with Crippen LogP contribution in [0.2, 0.25) is 0 Å². The quantitative estimate of drug-likeness (QED) is 0.493. The van der Waals surface area contributed by atoms with Crippen molar-refractivity contribution in [2.75, 3.05) is 6.61 Å². The van der Waals surface area contributed by atoms with Crippen molar-refractivity contribution in [1.82, 2.24) is 0 Å². The molecular weight excluding hydrogens is 424 g/mol. The maximum Gasteiger partial charge on any atom is 0.303 e. The molecule has 7 atom stereocenters. The fourth-order valence-corrected chi connectivity index (χ4v) is 6.99. The highest BCUT2D eigenvalue weighted by molar-refractivity contribution is 5.91. The van der Waals surface area contributed by atoms with Gasteiger partial charge in [-0.25, -0.2) is 0 Å². The zero-order valence-corrected chi connectivity index (χ0v) is 20.5. The highest BCUT2D eigenvalue weighted by Gasteiger charge is 2.61. The summed E-state index contributed by atoms with van der Waals surface area (Å²) in [6.07, 6.45) is 8.74. The van der Waals surface area contributed by atoms with Crippen LogP contribution in [0.3, 0.4) is 0 Å². The third-order valence-electron chi connectivity index (χ3n) is 8.87. The number of fused-ring (bicyclic) bond motifs is 5. The summed E-state index contributed by atoms with van der Waals surface area (Å²) >= 11 is 0. The lowest BCUT2D eigenvalue weighted by Gasteiger charge is -2.60. The van der Waals surface area contributed by atoms with E-state index in [1.807, 2.05) is 6.08 Å². The summed E-state index contributed by atoms with van der Waals surface area (Å²) in [5, 5.41) is 36.3. The summed E-state index contributed by atoms with van der Waals surface area (Å²) in [5.41, 5.74) is 1.14. The Morgan fingerprint density at radius 3 is 2.12 bits per heavy atom. The van der Waals surface area contributed by atoms with E-state index >= 15 is 0 Å². The van der Waals surface area contributed by atoms with Gasteiger partial charge in [-0.05, 0) is 73.7 Å². The Hall–Kier alpha value is -1.73. The molecule has 0 amide bonds. The Labute approximate surface area is 197 Å². The minimum atomic E-state index is -0.745. The molecule has 0 aliphatic heterocycles. The number of hydrogen-bond acceptors (Lipinski definition) is 5. The Bertz CT molecular complexity index is 746. The minimum Gasteiger partial charge on any atom is -0.481 e. The molecule has 4 aliphatic carbocycles. The van der Waals surface area contributed by atoms with Crippen LogP contribution in [-0.2, 0) is 14.4 Å². The molecule has 0 saturated heterocycles. The maximum absolute atomic E-state index is 11.9. The van der Waals surface area contributed by atoms with Crippen LogP contribution >= 0.6 is 0 Å². The molecule has 33 heavy (non-hydrogen) atoms. The number of aliphatic hydroxyl groups is 2. The lowest BCUT2D eigenvalue weighted by molar-refractivity contribution is -0.137. The van der Waals surface area contributed by atoms with E-state index < -0.39 is 11.9 Å². The number of carbonyl (C=O) groups excluding carboxylic acids is 1. The largest absolute Gasteiger partial charge is 0.481 e. The molecule has 4 rings (SSSR count). The van der Waals surface area contributed by atoms with E-state index in [-0.39, 0.29) is 42.2 Å². The topological polar surface area (TPSA) is 132 Å². The van der Waals surface area contributed by atoms with Crippen molar-refractivity contribution in [1.29, 1.82) is 0 Å². The number of aliphatic carboxylic acids is 2. The van der Waals surface area contributed by atoms with E-state index in [1.54, 1.807) is 13.8 Å². The zero-order chi connectivity index (χ0) is 25.0. The molecule has 4 N–H and O–H groups in total. The van der Waals surface area contributed by atoms with Gasteiger partial charge in [0.2, 0.25) is 0 Å². The van der Waals surface area contributed by atoms with Crippen LogP contribution in [0.1, 0.15) is 85.5 Å². The highest BCUT2D eigenvalue weighted by atomic mass is 16.4. The Kier molecular flexibility index (Phi) is 9.28. The van der Waals surface area contributed by atoms with Crippen LogP contribution in [0.25, 0.3) is 0 Å². The third kappa shape index (κ3) is 5.51. The standard InChI is InChI=1S/C20H30O3.2C3H6O2/c1-12-9-13-10-14(22)5-8-20(13,11-21)16-6-7-19(2)15(18(12)16)3-4-17(19)23;2*1-2-3(4)5/h10,12,15-18,21,23H,3-9,11H2,1-2H3;2*2H2,1H3,(H,4,5)/t12-,15+,16+,17+,18+,19+,20-;;/m1../s1. The van der Waals surface area contributed by atoms with Gasteiger partial charge in [0.15, 0.2) is 5.78 Å². The van der Waals surface area contributed by atoms with Crippen molar-refractivity contribution in [3.63, 3.8) is 0 Å². The average molecular weight is 467 g/mol. The van der Waals surface area contributed by atoms with Gasteiger partial charge in [0.1, 0.15) is 0 Å². The molecule has 0 bridgehead atoms. The fraction of sp³-hybridized carbons (Fsp3) is 0.808. The molecule has 188 valence electrons. The number of ketones is 1. The molecule has 0 unspecified atom stereocenters. The van der Waals surface area contributed by atoms with Crippen molar-refractivity contribution < 1.29 is 34.8 Å². The summed E-state index contributed by atoms with van der Waals surface area (Å²) < 4.78 is 0. The van der Waals surface area contributed by atoms with Gasteiger partial charge in [0, 0.05) is 24.7 Å². The molecule has 7 heteroatoms. The number of carboxylic acids is 2. The molecule has 3 fully saturated rings. The second-order valence-electron chi connectivity index (χ2n) is 10.6. The number of rotatable bonds is 3. The lowest BCUT2D eigenvalue weighted by atomic mass is 9.45. The van der Waals surface area contributed by atoms with Gasteiger partial charge in [-0.2, -0.15) is 0 Å². The first-order chi connectivity index (χ1) is 15.5. The molecule has 4 aliphatic rings. The number of carbonyl (C=O) groups is 3. The first-order valence-corrected chi connectivity index (χ1v) is 12.4. The van der Waals surface area contributed by atoms with E-state index in [2.05, 4.69) is 13.8 Å². The first kappa shape index (κ1) is 27.5. The van der Waals surface area contributed by atoms with Crippen molar-refractivity contribution in [2.45, 2.75) is 91.6 Å². The van der Waals surface area contributed by atoms with Gasteiger partial charge in [-0.3, -0.25) is 14.4 Å². The summed E-state index contributed by atoms with van der Waals surface area (Å²) in [6.45, 7) is 8.01. The van der Waals surface area contributed by atoms with E-state index in [9.17, 15) is 24.6 Å². The van der Waals surface area contributed by atoms with E-state index in [4.69, 9.17) is 10.2 Å². The average Bonchev–Trinajstić information content (AvgIpc) is 3.09. The molecule has 3 saturated carbocycles. The first-order valence-electron chi connectivity index (χ1n) is 12.4. The second-order valence-corrected chi connectivity index (χ2v) is 10.6. The lowest BCUT2D eigenvalue weighted by Crippen LogP contribution is -2.55. The molecule has 0 spiro atoms. The SMILES string of the molecule is CCC(=O)O.CCC(=O)O.C[C@@H]1CC2=CC(=O)CC[C@]2(CO)[C@H]2CC[C@]3(C)[C@@H](O)CC[C@H]3[C@H]12. The van der Waals surface area contributed by atoms with Crippen LogP contribution in [-0.4, -0.2) is 50.9 Å². The van der Waals surface area contributed by atoms with Gasteiger partial charge in [-0.15, -0.1) is 0 Å². The Morgan fingerprint density at radius 2 is 1.61 bits per heavy atom. The van der Waals surface area contributed by atoms with Crippen LogP contribution in [0.5, 0.6) is 0 Å². The van der Waals surface area contributed by atoms with Gasteiger partial charge in [0.25, 0.3) is 0 Å². The van der Waals surface area contributed by atoms with Gasteiger partial charge < -0.3 is 20.4 Å². The predicted molar refractivity (Wildman–Crippen MR) is 125 cm³/mol. The monoisotopic (exact) mass is 466 g/mol. The van der Waals surface area contributed by atoms with Crippen LogP contribution in [0.4, 0.5) is 0 Å². The molecule has 0 heterocycles. The van der Waals surface area contributed by atoms with Crippen molar-refractivity contribution in [3.8, 4) is 0 Å². The van der Waals surface area contributed by atoms with E-state index in [0.717, 1.165) is 38.5 Å². The molecule has 0 aromatic carbocycles. The molecule has 7 nitrogen and oxygen atoms in total. The van der Waals surface area contributed by atoms with Crippen LogP contribution in [0, 0.1) is 34.5 Å². The van der Waals surface area contributed by atoms with Gasteiger partial charge in [-0.1, -0.05) is 33.3 Å². The highest BCUT2D eigenvalue weighted by Crippen LogP contribution is 2.66. The Balaban J connectivity index is 0.000000327. The summed E-state index contributed by atoms with van der Waals surface area (Å²) in [7, 11) is 0. The predicted octanol–water partition coefficient (Wildman–Crippen LogP) is 4.06. The van der Waals surface area contributed by atoms with Crippen molar-refractivity contribution in [3.05, 3.63) is 11.6 Å². The summed E-state index contributed by atoms with van der Waals surface area (Å²) in [6, 6.07) is 0. The molecule has 0 aromatic rings. The van der Waals surface area contributed by atoms with Crippen LogP contribution in [0.15, 0.2) is 11.6 Å². The van der Waals surface area contributed by atoms with E-state index in [1.165, 1.54) is 5.57 Å². The number of aliphatic hydroxyl groups excluding tert-OH is 2.